The highest BCUT2D eigenvalue weighted by Crippen LogP contribution is 2.17. The number of rotatable bonds is 47. The molecule has 0 aromatic heterocycles. The van der Waals surface area contributed by atoms with Crippen LogP contribution in [0.5, 0.6) is 0 Å². The van der Waals surface area contributed by atoms with E-state index in [-0.39, 0.29) is 0 Å². The van der Waals surface area contributed by atoms with Crippen molar-refractivity contribution in [3.05, 3.63) is 12.2 Å². The molecule has 57 heavy (non-hydrogen) atoms. The van der Waals surface area contributed by atoms with Crippen LogP contribution in [0.2, 0.25) is 0 Å². The zero-order chi connectivity index (χ0) is 41.7. The van der Waals surface area contributed by atoms with Crippen molar-refractivity contribution in [2.75, 3.05) is 6.61 Å². The molecule has 5 N–H and O–H groups in total. The van der Waals surface area contributed by atoms with Crippen molar-refractivity contribution in [2.45, 2.75) is 301 Å². The number of unbranched alkanes of at least 4 members (excludes halogenated alkanes) is 36. The molecule has 0 rings (SSSR count). The lowest BCUT2D eigenvalue weighted by Gasteiger charge is -2.27. The molecule has 0 aliphatic rings. The van der Waals surface area contributed by atoms with E-state index in [1.165, 1.54) is 212 Å². The van der Waals surface area contributed by atoms with Crippen LogP contribution in [0.25, 0.3) is 0 Å². The molecule has 4 unspecified atom stereocenters. The number of nitrogens with one attached hydrogen (secondary N) is 1. The number of hydrogen-bond donors (Lipinski definition) is 5. The molecule has 340 valence electrons. The van der Waals surface area contributed by atoms with Gasteiger partial charge in [0.2, 0.25) is 5.91 Å². The standard InChI is InChI=1S/C51H101NO5/c1-3-5-7-9-11-13-15-16-17-18-19-20-21-22-23-24-25-26-27-28-29-30-31-32-33-34-35-37-38-40-42-44-48(54)50(56)47(46-53)52-51(57)49(55)45-43-41-39-36-14-12-10-8-6-4-2/h37-38,47-50,53-56H,3-36,39-46H2,1-2H3,(H,52,57)/b38-37+. The molecule has 0 aromatic carbocycles. The lowest BCUT2D eigenvalue weighted by Crippen LogP contribution is -2.53. The second-order valence-corrected chi connectivity index (χ2v) is 17.9. The SMILES string of the molecule is CCCCCCCCCCCCCCCCCCCCCCCCCCCC/C=C/CCCC(O)C(O)C(CO)NC(=O)C(O)CCCCCCCCCCCC. The predicted molar refractivity (Wildman–Crippen MR) is 247 cm³/mol. The summed E-state index contributed by atoms with van der Waals surface area (Å²) in [4.78, 5) is 12.5. The van der Waals surface area contributed by atoms with E-state index in [2.05, 4.69) is 31.3 Å². The summed E-state index contributed by atoms with van der Waals surface area (Å²) < 4.78 is 0. The van der Waals surface area contributed by atoms with Gasteiger partial charge in [-0.25, -0.2) is 0 Å². The van der Waals surface area contributed by atoms with Gasteiger partial charge in [-0.05, 0) is 38.5 Å². The van der Waals surface area contributed by atoms with Gasteiger partial charge in [-0.15, -0.1) is 0 Å². The molecule has 6 nitrogen and oxygen atoms in total. The van der Waals surface area contributed by atoms with Crippen molar-refractivity contribution in [1.29, 1.82) is 0 Å². The van der Waals surface area contributed by atoms with Crippen molar-refractivity contribution < 1.29 is 25.2 Å². The fraction of sp³-hybridized carbons (Fsp3) is 0.941. The van der Waals surface area contributed by atoms with Crippen LogP contribution in [0.3, 0.4) is 0 Å². The first-order valence-corrected chi connectivity index (χ1v) is 25.6. The average molecular weight is 808 g/mol. The fourth-order valence-electron chi connectivity index (χ4n) is 8.17. The summed E-state index contributed by atoms with van der Waals surface area (Å²) in [7, 11) is 0. The number of amides is 1. The molecule has 1 amide bonds. The van der Waals surface area contributed by atoms with E-state index >= 15 is 0 Å². The zero-order valence-electron chi connectivity index (χ0n) is 38.4. The van der Waals surface area contributed by atoms with E-state index in [1.807, 2.05) is 0 Å². The molecule has 0 heterocycles. The van der Waals surface area contributed by atoms with Crippen molar-refractivity contribution in [3.63, 3.8) is 0 Å². The number of carbonyl (C=O) groups is 1. The Morgan fingerprint density at radius 2 is 0.719 bits per heavy atom. The minimum absolute atomic E-state index is 0.366. The molecule has 0 bridgehead atoms. The molecule has 0 aliphatic heterocycles. The molecule has 4 atom stereocenters. The van der Waals surface area contributed by atoms with Gasteiger partial charge in [0.1, 0.15) is 12.2 Å². The van der Waals surface area contributed by atoms with Crippen LogP contribution in [0.4, 0.5) is 0 Å². The molecule has 0 radical (unpaired) electrons. The maximum atomic E-state index is 12.5. The van der Waals surface area contributed by atoms with E-state index in [0.29, 0.717) is 12.8 Å². The molecule has 0 saturated carbocycles. The van der Waals surface area contributed by atoms with Crippen LogP contribution in [0.1, 0.15) is 277 Å². The van der Waals surface area contributed by atoms with Crippen LogP contribution in [-0.4, -0.2) is 57.3 Å². The number of allylic oxidation sites excluding steroid dienone is 2. The van der Waals surface area contributed by atoms with Crippen LogP contribution < -0.4 is 5.32 Å². The minimum Gasteiger partial charge on any atom is -0.394 e. The quantitative estimate of drug-likeness (QED) is 0.0311. The molecule has 0 fully saturated rings. The predicted octanol–water partition coefficient (Wildman–Crippen LogP) is 14.1. The van der Waals surface area contributed by atoms with E-state index in [0.717, 1.165) is 38.5 Å². The first-order chi connectivity index (χ1) is 28.0. The van der Waals surface area contributed by atoms with Crippen LogP contribution in [0.15, 0.2) is 12.2 Å². The van der Waals surface area contributed by atoms with Crippen LogP contribution in [-0.2, 0) is 4.79 Å². The summed E-state index contributed by atoms with van der Waals surface area (Å²) in [5.74, 6) is -0.592. The van der Waals surface area contributed by atoms with E-state index in [4.69, 9.17) is 0 Å². The number of hydrogen-bond acceptors (Lipinski definition) is 5. The molecule has 0 aromatic rings. The maximum Gasteiger partial charge on any atom is 0.249 e. The van der Waals surface area contributed by atoms with Gasteiger partial charge < -0.3 is 25.7 Å². The third-order valence-corrected chi connectivity index (χ3v) is 12.2. The Bertz CT molecular complexity index is 821. The van der Waals surface area contributed by atoms with Crippen molar-refractivity contribution in [2.24, 2.45) is 0 Å². The molecule has 0 saturated heterocycles. The van der Waals surface area contributed by atoms with Gasteiger partial charge in [0.15, 0.2) is 0 Å². The highest BCUT2D eigenvalue weighted by molar-refractivity contribution is 5.80. The van der Waals surface area contributed by atoms with Gasteiger partial charge in [0.05, 0.1) is 18.8 Å². The number of aliphatic hydroxyl groups is 4. The third-order valence-electron chi connectivity index (χ3n) is 12.2. The van der Waals surface area contributed by atoms with Gasteiger partial charge >= 0.3 is 0 Å². The topological polar surface area (TPSA) is 110 Å². The zero-order valence-corrected chi connectivity index (χ0v) is 38.4. The molecular formula is C51H101NO5. The monoisotopic (exact) mass is 808 g/mol. The van der Waals surface area contributed by atoms with Crippen molar-refractivity contribution in [3.8, 4) is 0 Å². The van der Waals surface area contributed by atoms with E-state index in [1.54, 1.807) is 0 Å². The molecule has 6 heteroatoms. The summed E-state index contributed by atoms with van der Waals surface area (Å²) in [6.07, 6.45) is 53.0. The second-order valence-electron chi connectivity index (χ2n) is 17.9. The first kappa shape index (κ1) is 56.0. The summed E-state index contributed by atoms with van der Waals surface area (Å²) in [5, 5.41) is 43.6. The number of aliphatic hydroxyl groups excluding tert-OH is 4. The average Bonchev–Trinajstić information content (AvgIpc) is 3.22. The first-order valence-electron chi connectivity index (χ1n) is 25.6. The molecule has 0 aliphatic carbocycles. The van der Waals surface area contributed by atoms with Gasteiger partial charge in [0, 0.05) is 0 Å². The van der Waals surface area contributed by atoms with E-state index < -0.39 is 36.9 Å². The third kappa shape index (κ3) is 40.2. The lowest BCUT2D eigenvalue weighted by atomic mass is 10.00. The minimum atomic E-state index is -1.28. The van der Waals surface area contributed by atoms with Crippen molar-refractivity contribution >= 4 is 5.91 Å². The fourth-order valence-corrected chi connectivity index (χ4v) is 8.17. The Labute approximate surface area is 355 Å². The lowest BCUT2D eigenvalue weighted by molar-refractivity contribution is -0.132. The Morgan fingerprint density at radius 1 is 0.421 bits per heavy atom. The Kier molecular flexibility index (Phi) is 45.4. The number of carbonyl (C=O) groups excluding carboxylic acids is 1. The van der Waals surface area contributed by atoms with Gasteiger partial charge in [-0.3, -0.25) is 4.79 Å². The van der Waals surface area contributed by atoms with Crippen LogP contribution in [0, 0.1) is 0 Å². The molecular weight excluding hydrogens is 707 g/mol. The highest BCUT2D eigenvalue weighted by Gasteiger charge is 2.28. The summed E-state index contributed by atoms with van der Waals surface area (Å²) in [5.41, 5.74) is 0. The molecule has 0 spiro atoms. The van der Waals surface area contributed by atoms with Crippen molar-refractivity contribution in [1.82, 2.24) is 5.32 Å². The van der Waals surface area contributed by atoms with Crippen LogP contribution >= 0.6 is 0 Å². The van der Waals surface area contributed by atoms with E-state index in [9.17, 15) is 25.2 Å². The summed E-state index contributed by atoms with van der Waals surface area (Å²) >= 11 is 0. The normalized spacial score (nSPS) is 14.0. The van der Waals surface area contributed by atoms with Gasteiger partial charge in [0.25, 0.3) is 0 Å². The Balaban J connectivity index is 3.56. The summed E-state index contributed by atoms with van der Waals surface area (Å²) in [6, 6.07) is -0.996. The highest BCUT2D eigenvalue weighted by atomic mass is 16.3. The Morgan fingerprint density at radius 3 is 1.05 bits per heavy atom. The Hall–Kier alpha value is -0.950. The smallest absolute Gasteiger partial charge is 0.249 e. The largest absolute Gasteiger partial charge is 0.394 e. The van der Waals surface area contributed by atoms with Gasteiger partial charge in [-0.1, -0.05) is 251 Å². The summed E-state index contributed by atoms with van der Waals surface area (Å²) in [6.45, 7) is 4.04. The maximum absolute atomic E-state index is 12.5. The van der Waals surface area contributed by atoms with Gasteiger partial charge in [-0.2, -0.15) is 0 Å². The second kappa shape index (κ2) is 46.1.